The highest BCUT2D eigenvalue weighted by Gasteiger charge is 2.05. The van der Waals surface area contributed by atoms with Crippen LogP contribution in [-0.2, 0) is 0 Å². The van der Waals surface area contributed by atoms with E-state index in [4.69, 9.17) is 0 Å². The predicted molar refractivity (Wildman–Crippen MR) is 88.6 cm³/mol. The molecule has 0 atom stereocenters. The van der Waals surface area contributed by atoms with Crippen molar-refractivity contribution >= 4 is 38.2 Å². The summed E-state index contributed by atoms with van der Waals surface area (Å²) >= 11 is 3.45. The molecule has 0 aliphatic heterocycles. The van der Waals surface area contributed by atoms with E-state index in [1.165, 1.54) is 11.1 Å². The molecule has 100 valence electrons. The van der Waals surface area contributed by atoms with Gasteiger partial charge in [-0.05, 0) is 55.8 Å². The minimum atomic E-state index is 1.05. The van der Waals surface area contributed by atoms with Crippen molar-refractivity contribution in [1.29, 1.82) is 0 Å². The Hall–Kier alpha value is -1.87. The fourth-order valence-corrected chi connectivity index (χ4v) is 2.67. The minimum absolute atomic E-state index is 1.05. The second-order valence-electron chi connectivity index (χ2n) is 4.97. The summed E-state index contributed by atoms with van der Waals surface area (Å²) in [4.78, 5) is 4.49. The van der Waals surface area contributed by atoms with Crippen LogP contribution in [0.15, 0.2) is 53.1 Å². The lowest BCUT2D eigenvalue weighted by Crippen LogP contribution is -1.94. The fraction of sp³-hybridized carbons (Fsp3) is 0.118. The lowest BCUT2D eigenvalue weighted by molar-refractivity contribution is 1.34. The highest BCUT2D eigenvalue weighted by atomic mass is 79.9. The van der Waals surface area contributed by atoms with Crippen molar-refractivity contribution < 1.29 is 0 Å². The second kappa shape index (κ2) is 5.25. The van der Waals surface area contributed by atoms with E-state index in [9.17, 15) is 0 Å². The van der Waals surface area contributed by atoms with Crippen molar-refractivity contribution in [3.63, 3.8) is 0 Å². The van der Waals surface area contributed by atoms with Crippen LogP contribution in [0.5, 0.6) is 0 Å². The zero-order chi connectivity index (χ0) is 14.1. The van der Waals surface area contributed by atoms with Crippen molar-refractivity contribution in [1.82, 2.24) is 4.98 Å². The van der Waals surface area contributed by atoms with Gasteiger partial charge in [0.1, 0.15) is 0 Å². The van der Waals surface area contributed by atoms with Crippen LogP contribution in [0.1, 0.15) is 11.1 Å². The number of aromatic nitrogens is 1. The molecular weight excluding hydrogens is 312 g/mol. The van der Waals surface area contributed by atoms with Crippen molar-refractivity contribution in [2.45, 2.75) is 13.8 Å². The molecule has 0 amide bonds. The highest BCUT2D eigenvalue weighted by molar-refractivity contribution is 9.10. The molecule has 0 aliphatic rings. The summed E-state index contributed by atoms with van der Waals surface area (Å²) in [6, 6.07) is 14.5. The van der Waals surface area contributed by atoms with E-state index in [0.717, 1.165) is 26.8 Å². The van der Waals surface area contributed by atoms with E-state index >= 15 is 0 Å². The number of nitrogens with one attached hydrogen (secondary N) is 1. The molecule has 0 radical (unpaired) electrons. The van der Waals surface area contributed by atoms with Gasteiger partial charge in [-0.3, -0.25) is 4.98 Å². The summed E-state index contributed by atoms with van der Waals surface area (Å²) in [5.74, 6) is 0. The molecule has 2 nitrogen and oxygen atoms in total. The summed E-state index contributed by atoms with van der Waals surface area (Å²) < 4.78 is 1.08. The van der Waals surface area contributed by atoms with Gasteiger partial charge in [-0.2, -0.15) is 0 Å². The third-order valence-electron chi connectivity index (χ3n) is 3.30. The average molecular weight is 327 g/mol. The van der Waals surface area contributed by atoms with Crippen LogP contribution in [0.25, 0.3) is 10.9 Å². The van der Waals surface area contributed by atoms with Crippen LogP contribution >= 0.6 is 15.9 Å². The van der Waals surface area contributed by atoms with Crippen LogP contribution in [0.4, 0.5) is 11.4 Å². The van der Waals surface area contributed by atoms with Crippen LogP contribution in [0.2, 0.25) is 0 Å². The van der Waals surface area contributed by atoms with Crippen molar-refractivity contribution in [3.05, 3.63) is 64.3 Å². The number of hydrogen-bond acceptors (Lipinski definition) is 2. The quantitative estimate of drug-likeness (QED) is 0.685. The molecule has 0 unspecified atom stereocenters. The number of benzene rings is 2. The number of anilines is 2. The third kappa shape index (κ3) is 2.54. The molecule has 2 aromatic carbocycles. The smallest absolute Gasteiger partial charge is 0.0752 e. The number of aryl methyl sites for hydroxylation is 2. The maximum Gasteiger partial charge on any atom is 0.0752 e. The van der Waals surface area contributed by atoms with Crippen molar-refractivity contribution in [2.24, 2.45) is 0 Å². The Labute approximate surface area is 127 Å². The first-order chi connectivity index (χ1) is 9.63. The number of nitrogens with zero attached hydrogens (tertiary/aromatic N) is 1. The number of rotatable bonds is 2. The molecule has 1 N–H and O–H groups in total. The molecular formula is C17H15BrN2. The molecule has 0 saturated carbocycles. The van der Waals surface area contributed by atoms with E-state index in [2.05, 4.69) is 64.3 Å². The predicted octanol–water partition coefficient (Wildman–Crippen LogP) is 5.36. The first kappa shape index (κ1) is 13.1. The zero-order valence-corrected chi connectivity index (χ0v) is 13.0. The SMILES string of the molecule is Cc1cc(C)c2nccc(Nc3ccc(Br)cc3)c2c1. The average Bonchev–Trinajstić information content (AvgIpc) is 2.42. The maximum absolute atomic E-state index is 4.49. The number of pyridine rings is 1. The molecule has 3 rings (SSSR count). The molecule has 0 fully saturated rings. The summed E-state index contributed by atoms with van der Waals surface area (Å²) in [6.07, 6.45) is 1.85. The van der Waals surface area contributed by atoms with Gasteiger partial charge in [0.2, 0.25) is 0 Å². The van der Waals surface area contributed by atoms with Gasteiger partial charge in [0.15, 0.2) is 0 Å². The van der Waals surface area contributed by atoms with Crippen LogP contribution < -0.4 is 5.32 Å². The molecule has 0 spiro atoms. The van der Waals surface area contributed by atoms with Crippen molar-refractivity contribution in [2.75, 3.05) is 5.32 Å². The van der Waals surface area contributed by atoms with E-state index in [1.54, 1.807) is 0 Å². The largest absolute Gasteiger partial charge is 0.355 e. The number of halogens is 1. The van der Waals surface area contributed by atoms with Gasteiger partial charge in [-0.15, -0.1) is 0 Å². The third-order valence-corrected chi connectivity index (χ3v) is 3.83. The molecule has 20 heavy (non-hydrogen) atoms. The lowest BCUT2D eigenvalue weighted by atomic mass is 10.1. The standard InChI is InChI=1S/C17H15BrN2/c1-11-9-12(2)17-15(10-11)16(7-8-19-17)20-14-5-3-13(18)4-6-14/h3-10H,1-2H3,(H,19,20). The molecule has 3 heteroatoms. The summed E-state index contributed by atoms with van der Waals surface area (Å²) in [5, 5.41) is 4.63. The Morgan fingerprint density at radius 3 is 2.50 bits per heavy atom. The Kier molecular flexibility index (Phi) is 3.45. The van der Waals surface area contributed by atoms with Crippen LogP contribution in [0, 0.1) is 13.8 Å². The maximum atomic E-state index is 4.49. The van der Waals surface area contributed by atoms with Crippen molar-refractivity contribution in [3.8, 4) is 0 Å². The topological polar surface area (TPSA) is 24.9 Å². The van der Waals surface area contributed by atoms with Gasteiger partial charge in [0.25, 0.3) is 0 Å². The number of fused-ring (bicyclic) bond motifs is 1. The van der Waals surface area contributed by atoms with Gasteiger partial charge < -0.3 is 5.32 Å². The Morgan fingerprint density at radius 2 is 1.75 bits per heavy atom. The molecule has 0 saturated heterocycles. The molecule has 1 heterocycles. The molecule has 3 aromatic rings. The fourth-order valence-electron chi connectivity index (χ4n) is 2.41. The summed E-state index contributed by atoms with van der Waals surface area (Å²) in [5.41, 5.74) is 5.67. The van der Waals surface area contributed by atoms with Gasteiger partial charge in [-0.25, -0.2) is 0 Å². The van der Waals surface area contributed by atoms with Gasteiger partial charge in [0.05, 0.1) is 5.52 Å². The number of hydrogen-bond donors (Lipinski definition) is 1. The van der Waals surface area contributed by atoms with E-state index in [0.29, 0.717) is 0 Å². The molecule has 0 bridgehead atoms. The Morgan fingerprint density at radius 1 is 1.00 bits per heavy atom. The second-order valence-corrected chi connectivity index (χ2v) is 5.88. The van der Waals surface area contributed by atoms with Gasteiger partial charge in [-0.1, -0.05) is 27.6 Å². The van der Waals surface area contributed by atoms with E-state index in [-0.39, 0.29) is 0 Å². The van der Waals surface area contributed by atoms with E-state index < -0.39 is 0 Å². The summed E-state index contributed by atoms with van der Waals surface area (Å²) in [6.45, 7) is 4.22. The highest BCUT2D eigenvalue weighted by Crippen LogP contribution is 2.28. The lowest BCUT2D eigenvalue weighted by Gasteiger charge is -2.11. The zero-order valence-electron chi connectivity index (χ0n) is 11.4. The molecule has 1 aromatic heterocycles. The first-order valence-electron chi connectivity index (χ1n) is 6.52. The van der Waals surface area contributed by atoms with Crippen LogP contribution in [-0.4, -0.2) is 4.98 Å². The molecule has 0 aliphatic carbocycles. The minimum Gasteiger partial charge on any atom is -0.355 e. The first-order valence-corrected chi connectivity index (χ1v) is 7.31. The van der Waals surface area contributed by atoms with Gasteiger partial charge >= 0.3 is 0 Å². The van der Waals surface area contributed by atoms with Gasteiger partial charge in [0, 0.05) is 27.4 Å². The monoisotopic (exact) mass is 326 g/mol. The summed E-state index contributed by atoms with van der Waals surface area (Å²) in [7, 11) is 0. The Balaban J connectivity index is 2.09. The Bertz CT molecular complexity index is 764. The normalized spacial score (nSPS) is 10.8. The van der Waals surface area contributed by atoms with E-state index in [1.807, 2.05) is 24.4 Å². The van der Waals surface area contributed by atoms with Crippen LogP contribution in [0.3, 0.4) is 0 Å².